The third-order valence-corrected chi connectivity index (χ3v) is 2.43. The lowest BCUT2D eigenvalue weighted by atomic mass is 10.2. The van der Waals surface area contributed by atoms with E-state index in [1.807, 2.05) is 4.68 Å². The Balaban J connectivity index is 2.57. The van der Waals surface area contributed by atoms with Crippen LogP contribution in [-0.2, 0) is 17.7 Å². The lowest BCUT2D eigenvalue weighted by Gasteiger charge is -2.05. The lowest BCUT2D eigenvalue weighted by Crippen LogP contribution is -2.07. The topological polar surface area (TPSA) is 57.0 Å². The van der Waals surface area contributed by atoms with Gasteiger partial charge in [-0.15, -0.1) is 5.10 Å². The maximum Gasteiger partial charge on any atom is 0.172 e. The molecule has 0 N–H and O–H groups in total. The molecule has 90 valence electrons. The number of unbranched alkanes of at least 4 members (excludes halogenated alkanes) is 1. The molecule has 5 heteroatoms. The Hall–Kier alpha value is -1.23. The van der Waals surface area contributed by atoms with Crippen LogP contribution in [0.1, 0.15) is 42.4 Å². The van der Waals surface area contributed by atoms with E-state index in [1.54, 1.807) is 7.11 Å². The second-order valence-electron chi connectivity index (χ2n) is 3.71. The van der Waals surface area contributed by atoms with Crippen LogP contribution in [0, 0.1) is 0 Å². The van der Waals surface area contributed by atoms with Crippen LogP contribution in [0.15, 0.2) is 0 Å². The fraction of sp³-hybridized carbons (Fsp3) is 0.727. The summed E-state index contributed by atoms with van der Waals surface area (Å²) in [4.78, 5) is 10.8. The summed E-state index contributed by atoms with van der Waals surface area (Å²) in [5.74, 6) is 0. The summed E-state index contributed by atoms with van der Waals surface area (Å²) < 4.78 is 6.82. The monoisotopic (exact) mass is 225 g/mol. The highest BCUT2D eigenvalue weighted by atomic mass is 16.5. The minimum Gasteiger partial charge on any atom is -0.385 e. The van der Waals surface area contributed by atoms with Crippen molar-refractivity contribution in [3.63, 3.8) is 0 Å². The number of carbonyl (C=O) groups excluding carboxylic acids is 1. The van der Waals surface area contributed by atoms with Crippen molar-refractivity contribution >= 4 is 6.29 Å². The highest BCUT2D eigenvalue weighted by Gasteiger charge is 2.10. The molecule has 0 atom stereocenters. The Labute approximate surface area is 95.8 Å². The zero-order valence-electron chi connectivity index (χ0n) is 9.98. The zero-order valence-corrected chi connectivity index (χ0v) is 9.98. The molecule has 0 saturated heterocycles. The predicted octanol–water partition coefficient (Wildman–Crippen LogP) is 1.47. The summed E-state index contributed by atoms with van der Waals surface area (Å²) in [5.41, 5.74) is 1.43. The van der Waals surface area contributed by atoms with E-state index in [2.05, 4.69) is 17.2 Å². The van der Waals surface area contributed by atoms with Crippen molar-refractivity contribution in [3.8, 4) is 0 Å². The van der Waals surface area contributed by atoms with Gasteiger partial charge < -0.3 is 4.74 Å². The Morgan fingerprint density at radius 3 is 2.88 bits per heavy atom. The quantitative estimate of drug-likeness (QED) is 0.496. The molecule has 1 aromatic rings. The molecule has 1 rings (SSSR count). The van der Waals surface area contributed by atoms with E-state index in [-0.39, 0.29) is 0 Å². The summed E-state index contributed by atoms with van der Waals surface area (Å²) in [6.45, 7) is 3.65. The number of aromatic nitrogens is 3. The van der Waals surface area contributed by atoms with Crippen molar-refractivity contribution in [3.05, 3.63) is 11.4 Å². The fourth-order valence-corrected chi connectivity index (χ4v) is 1.62. The van der Waals surface area contributed by atoms with Crippen LogP contribution in [0.2, 0.25) is 0 Å². The molecule has 0 unspecified atom stereocenters. The van der Waals surface area contributed by atoms with Crippen molar-refractivity contribution in [1.82, 2.24) is 15.0 Å². The van der Waals surface area contributed by atoms with Crippen LogP contribution in [0.25, 0.3) is 0 Å². The number of methoxy groups -OCH3 is 1. The molecule has 0 aliphatic heterocycles. The van der Waals surface area contributed by atoms with Crippen LogP contribution < -0.4 is 0 Å². The normalized spacial score (nSPS) is 10.6. The predicted molar refractivity (Wildman–Crippen MR) is 60.5 cm³/mol. The molecule has 0 aliphatic rings. The molecular formula is C11H19N3O2. The fourth-order valence-electron chi connectivity index (χ4n) is 1.62. The summed E-state index contributed by atoms with van der Waals surface area (Å²) in [7, 11) is 1.70. The summed E-state index contributed by atoms with van der Waals surface area (Å²) >= 11 is 0. The highest BCUT2D eigenvalue weighted by molar-refractivity contribution is 5.73. The summed E-state index contributed by atoms with van der Waals surface area (Å²) in [5, 5.41) is 7.86. The van der Waals surface area contributed by atoms with Gasteiger partial charge in [-0.25, -0.2) is 4.68 Å². The van der Waals surface area contributed by atoms with E-state index >= 15 is 0 Å². The molecule has 5 nitrogen and oxygen atoms in total. The first-order valence-electron chi connectivity index (χ1n) is 5.70. The van der Waals surface area contributed by atoms with Crippen molar-refractivity contribution in [2.45, 2.75) is 39.2 Å². The van der Waals surface area contributed by atoms with Crippen LogP contribution in [0.3, 0.4) is 0 Å². The first-order valence-corrected chi connectivity index (χ1v) is 5.70. The largest absolute Gasteiger partial charge is 0.385 e. The van der Waals surface area contributed by atoms with E-state index < -0.39 is 0 Å². The van der Waals surface area contributed by atoms with E-state index in [0.717, 1.165) is 50.8 Å². The number of ether oxygens (including phenoxy) is 1. The maximum absolute atomic E-state index is 10.8. The van der Waals surface area contributed by atoms with E-state index in [1.165, 1.54) is 0 Å². The van der Waals surface area contributed by atoms with Crippen molar-refractivity contribution in [1.29, 1.82) is 0 Å². The summed E-state index contributed by atoms with van der Waals surface area (Å²) in [6, 6.07) is 0. The van der Waals surface area contributed by atoms with Gasteiger partial charge in [0, 0.05) is 20.3 Å². The van der Waals surface area contributed by atoms with Gasteiger partial charge >= 0.3 is 0 Å². The number of carbonyl (C=O) groups is 1. The molecule has 0 bridgehead atoms. The van der Waals surface area contributed by atoms with Crippen LogP contribution >= 0.6 is 0 Å². The number of hydrogen-bond donors (Lipinski definition) is 0. The lowest BCUT2D eigenvalue weighted by molar-refractivity contribution is 0.111. The zero-order chi connectivity index (χ0) is 11.8. The molecule has 1 heterocycles. The van der Waals surface area contributed by atoms with Crippen LogP contribution in [-0.4, -0.2) is 35.0 Å². The van der Waals surface area contributed by atoms with Crippen molar-refractivity contribution in [2.24, 2.45) is 0 Å². The molecule has 0 amide bonds. The smallest absolute Gasteiger partial charge is 0.172 e. The highest BCUT2D eigenvalue weighted by Crippen LogP contribution is 2.07. The molecule has 0 saturated carbocycles. The molecule has 0 fully saturated rings. The number of nitrogens with zero attached hydrogens (tertiary/aromatic N) is 3. The minimum atomic E-state index is 0.480. The van der Waals surface area contributed by atoms with Gasteiger partial charge in [0.1, 0.15) is 5.69 Å². The third-order valence-electron chi connectivity index (χ3n) is 2.43. The van der Waals surface area contributed by atoms with Gasteiger partial charge in [0.15, 0.2) is 6.29 Å². The SMILES string of the molecule is CCCc1c(C=O)nnn1CCCCOC. The Morgan fingerprint density at radius 2 is 2.25 bits per heavy atom. The van der Waals surface area contributed by atoms with Crippen LogP contribution in [0.4, 0.5) is 0 Å². The molecule has 0 aromatic carbocycles. The van der Waals surface area contributed by atoms with E-state index in [4.69, 9.17) is 4.74 Å². The molecular weight excluding hydrogens is 206 g/mol. The Morgan fingerprint density at radius 1 is 1.44 bits per heavy atom. The van der Waals surface area contributed by atoms with Gasteiger partial charge in [-0.1, -0.05) is 18.6 Å². The molecule has 0 spiro atoms. The Bertz CT molecular complexity index is 323. The molecule has 0 aliphatic carbocycles. The van der Waals surface area contributed by atoms with Crippen molar-refractivity contribution < 1.29 is 9.53 Å². The number of aryl methyl sites for hydroxylation is 1. The van der Waals surface area contributed by atoms with E-state index in [9.17, 15) is 4.79 Å². The molecule has 1 aromatic heterocycles. The number of hydrogen-bond acceptors (Lipinski definition) is 4. The first-order chi connectivity index (χ1) is 7.83. The average molecular weight is 225 g/mol. The number of aldehydes is 1. The van der Waals surface area contributed by atoms with Gasteiger partial charge in [-0.3, -0.25) is 4.79 Å². The molecule has 0 radical (unpaired) electrons. The van der Waals surface area contributed by atoms with Gasteiger partial charge in [0.25, 0.3) is 0 Å². The van der Waals surface area contributed by atoms with Gasteiger partial charge in [0.05, 0.1) is 5.69 Å². The average Bonchev–Trinajstić information content (AvgIpc) is 2.68. The summed E-state index contributed by atoms with van der Waals surface area (Å²) in [6.07, 6.45) is 4.62. The second kappa shape index (κ2) is 7.11. The van der Waals surface area contributed by atoms with Gasteiger partial charge in [-0.2, -0.15) is 0 Å². The van der Waals surface area contributed by atoms with Gasteiger partial charge in [-0.05, 0) is 19.3 Å². The number of rotatable bonds is 8. The third kappa shape index (κ3) is 3.41. The maximum atomic E-state index is 10.8. The van der Waals surface area contributed by atoms with Crippen molar-refractivity contribution in [2.75, 3.05) is 13.7 Å². The standard InChI is InChI=1S/C11H19N3O2/c1-3-6-11-10(9-15)12-13-14(11)7-4-5-8-16-2/h9H,3-8H2,1-2H3. The second-order valence-corrected chi connectivity index (χ2v) is 3.71. The van der Waals surface area contributed by atoms with Crippen LogP contribution in [0.5, 0.6) is 0 Å². The minimum absolute atomic E-state index is 0.480. The first kappa shape index (κ1) is 12.8. The molecule has 16 heavy (non-hydrogen) atoms. The Kier molecular flexibility index (Phi) is 5.71. The van der Waals surface area contributed by atoms with Gasteiger partial charge in [0.2, 0.25) is 0 Å². The van der Waals surface area contributed by atoms with E-state index in [0.29, 0.717) is 5.69 Å².